The molecule has 8 nitrogen and oxygen atoms in total. The van der Waals surface area contributed by atoms with Gasteiger partial charge in [0.15, 0.2) is 6.10 Å². The van der Waals surface area contributed by atoms with E-state index in [2.05, 4.69) is 10.6 Å². The number of hydrogen-bond acceptors (Lipinski definition) is 5. The summed E-state index contributed by atoms with van der Waals surface area (Å²) in [6.45, 7) is 7.03. The van der Waals surface area contributed by atoms with Gasteiger partial charge in [0, 0.05) is 37.0 Å². The van der Waals surface area contributed by atoms with Gasteiger partial charge in [0.2, 0.25) is 11.8 Å². The first kappa shape index (κ1) is 23.0. The summed E-state index contributed by atoms with van der Waals surface area (Å²) in [5, 5.41) is 5.31. The second kappa shape index (κ2) is 9.64. The lowest BCUT2D eigenvalue weighted by molar-refractivity contribution is -0.157. The smallest absolute Gasteiger partial charge is 0.312 e. The third-order valence-corrected chi connectivity index (χ3v) is 5.46. The van der Waals surface area contributed by atoms with Crippen LogP contribution in [-0.2, 0) is 23.9 Å². The van der Waals surface area contributed by atoms with Gasteiger partial charge >= 0.3 is 5.97 Å². The molecule has 2 N–H and O–H groups in total. The zero-order valence-corrected chi connectivity index (χ0v) is 18.6. The molecule has 8 heteroatoms. The van der Waals surface area contributed by atoms with Gasteiger partial charge in [-0.25, -0.2) is 0 Å². The Hall–Kier alpha value is -3.68. The van der Waals surface area contributed by atoms with E-state index in [4.69, 9.17) is 4.74 Å². The van der Waals surface area contributed by atoms with Crippen LogP contribution in [0.4, 0.5) is 17.1 Å². The predicted octanol–water partition coefficient (Wildman–Crippen LogP) is 3.19. The summed E-state index contributed by atoms with van der Waals surface area (Å²) >= 11 is 0. The molecule has 0 unspecified atom stereocenters. The zero-order valence-electron chi connectivity index (χ0n) is 18.6. The highest BCUT2D eigenvalue weighted by Gasteiger charge is 2.37. The molecule has 2 aromatic carbocycles. The Morgan fingerprint density at radius 1 is 1.03 bits per heavy atom. The van der Waals surface area contributed by atoms with Crippen molar-refractivity contribution in [3.8, 4) is 0 Å². The van der Waals surface area contributed by atoms with Crippen LogP contribution in [0.2, 0.25) is 0 Å². The highest BCUT2D eigenvalue weighted by atomic mass is 16.5. The number of amides is 3. The fraction of sp³-hybridized carbons (Fsp3) is 0.333. The molecule has 0 aliphatic carbocycles. The highest BCUT2D eigenvalue weighted by molar-refractivity contribution is 6.01. The summed E-state index contributed by atoms with van der Waals surface area (Å²) in [7, 11) is 0. The summed E-state index contributed by atoms with van der Waals surface area (Å²) in [5.74, 6) is -2.02. The fourth-order valence-electron chi connectivity index (χ4n) is 3.53. The molecule has 1 saturated heterocycles. The molecule has 1 aliphatic rings. The molecule has 0 bridgehead atoms. The number of ether oxygens (including phenoxy) is 1. The van der Waals surface area contributed by atoms with Gasteiger partial charge in [0.05, 0.1) is 5.92 Å². The summed E-state index contributed by atoms with van der Waals surface area (Å²) in [6, 6.07) is 12.3. The van der Waals surface area contributed by atoms with E-state index in [9.17, 15) is 19.2 Å². The van der Waals surface area contributed by atoms with Crippen LogP contribution >= 0.6 is 0 Å². The van der Waals surface area contributed by atoms with Gasteiger partial charge in [-0.3, -0.25) is 19.2 Å². The number of nitrogens with zero attached hydrogens (tertiary/aromatic N) is 1. The number of anilines is 3. The lowest BCUT2D eigenvalue weighted by atomic mass is 10.1. The first-order valence-corrected chi connectivity index (χ1v) is 10.4. The van der Waals surface area contributed by atoms with E-state index >= 15 is 0 Å². The minimum absolute atomic E-state index is 0.0468. The SMILES string of the molecule is CC(=O)Nc1ccc(NC(=O)[C@H](C)OC(=O)[C@H]2CC(=O)N(c3cccc(C)c3C)C2)cc1. The molecule has 0 radical (unpaired) electrons. The average Bonchev–Trinajstić information content (AvgIpc) is 3.12. The Kier molecular flexibility index (Phi) is 6.92. The van der Waals surface area contributed by atoms with Gasteiger partial charge in [0.25, 0.3) is 5.91 Å². The monoisotopic (exact) mass is 437 g/mol. The quantitative estimate of drug-likeness (QED) is 0.676. The number of rotatable bonds is 6. The van der Waals surface area contributed by atoms with E-state index in [1.807, 2.05) is 32.0 Å². The van der Waals surface area contributed by atoms with E-state index in [-0.39, 0.29) is 24.8 Å². The summed E-state index contributed by atoms with van der Waals surface area (Å²) in [6.07, 6.45) is -0.979. The topological polar surface area (TPSA) is 105 Å². The Morgan fingerprint density at radius 3 is 2.28 bits per heavy atom. The molecule has 2 atom stereocenters. The highest BCUT2D eigenvalue weighted by Crippen LogP contribution is 2.30. The van der Waals surface area contributed by atoms with Crippen LogP contribution in [0, 0.1) is 19.8 Å². The molecule has 3 amide bonds. The fourth-order valence-corrected chi connectivity index (χ4v) is 3.53. The van der Waals surface area contributed by atoms with Crippen LogP contribution in [0.25, 0.3) is 0 Å². The van der Waals surface area contributed by atoms with E-state index in [1.54, 1.807) is 29.2 Å². The largest absolute Gasteiger partial charge is 0.452 e. The zero-order chi connectivity index (χ0) is 23.4. The maximum Gasteiger partial charge on any atom is 0.312 e. The molecule has 168 valence electrons. The van der Waals surface area contributed by atoms with Crippen LogP contribution in [0.1, 0.15) is 31.4 Å². The normalized spacial score (nSPS) is 16.4. The number of aryl methyl sites for hydroxylation is 1. The van der Waals surface area contributed by atoms with E-state index < -0.39 is 23.9 Å². The number of benzene rings is 2. The van der Waals surface area contributed by atoms with Crippen molar-refractivity contribution in [1.82, 2.24) is 0 Å². The summed E-state index contributed by atoms with van der Waals surface area (Å²) in [4.78, 5) is 50.2. The minimum atomic E-state index is -1.03. The van der Waals surface area contributed by atoms with Gasteiger partial charge in [-0.1, -0.05) is 12.1 Å². The van der Waals surface area contributed by atoms with Gasteiger partial charge in [-0.2, -0.15) is 0 Å². The van der Waals surface area contributed by atoms with Crippen LogP contribution in [0.3, 0.4) is 0 Å². The molecule has 0 aromatic heterocycles. The van der Waals surface area contributed by atoms with Crippen molar-refractivity contribution in [2.45, 2.75) is 40.2 Å². The summed E-state index contributed by atoms with van der Waals surface area (Å²) in [5.41, 5.74) is 3.96. The molecule has 1 aliphatic heterocycles. The summed E-state index contributed by atoms with van der Waals surface area (Å²) < 4.78 is 5.34. The van der Waals surface area contributed by atoms with Crippen LogP contribution in [-0.4, -0.2) is 36.3 Å². The maximum atomic E-state index is 12.6. The van der Waals surface area contributed by atoms with Crippen molar-refractivity contribution in [2.75, 3.05) is 22.1 Å². The molecule has 2 aromatic rings. The Labute approximate surface area is 186 Å². The van der Waals surface area contributed by atoms with Crippen LogP contribution in [0.15, 0.2) is 42.5 Å². The first-order chi connectivity index (χ1) is 15.2. The minimum Gasteiger partial charge on any atom is -0.452 e. The third kappa shape index (κ3) is 5.32. The van der Waals surface area contributed by atoms with Gasteiger partial charge in [-0.05, 0) is 62.2 Å². The lowest BCUT2D eigenvalue weighted by Crippen LogP contribution is -2.33. The predicted molar refractivity (Wildman–Crippen MR) is 121 cm³/mol. The Morgan fingerprint density at radius 2 is 1.66 bits per heavy atom. The third-order valence-electron chi connectivity index (χ3n) is 5.46. The Bertz CT molecular complexity index is 1050. The molecule has 3 rings (SSSR count). The van der Waals surface area contributed by atoms with Crippen molar-refractivity contribution >= 4 is 40.8 Å². The first-order valence-electron chi connectivity index (χ1n) is 10.4. The van der Waals surface area contributed by atoms with Gasteiger partial charge < -0.3 is 20.3 Å². The molecular formula is C24H27N3O5. The standard InChI is InChI=1S/C24H27N3O5/c1-14-6-5-7-21(15(14)2)27-13-18(12-22(27)29)24(31)32-16(3)23(30)26-20-10-8-19(9-11-20)25-17(4)28/h5-11,16,18H,12-13H2,1-4H3,(H,25,28)(H,26,30)/t16-,18-/m0/s1. The van der Waals surface area contributed by atoms with Crippen LogP contribution in [0.5, 0.6) is 0 Å². The van der Waals surface area contributed by atoms with E-state index in [0.29, 0.717) is 11.4 Å². The molecular weight excluding hydrogens is 410 g/mol. The van der Waals surface area contributed by atoms with Gasteiger partial charge in [-0.15, -0.1) is 0 Å². The molecule has 0 saturated carbocycles. The molecule has 1 heterocycles. The number of carbonyl (C=O) groups is 4. The second-order valence-corrected chi connectivity index (χ2v) is 7.95. The number of hydrogen-bond donors (Lipinski definition) is 2. The molecule has 0 spiro atoms. The van der Waals surface area contributed by atoms with Crippen LogP contribution < -0.4 is 15.5 Å². The van der Waals surface area contributed by atoms with E-state index in [1.165, 1.54) is 13.8 Å². The van der Waals surface area contributed by atoms with Crippen molar-refractivity contribution in [1.29, 1.82) is 0 Å². The Balaban J connectivity index is 1.57. The van der Waals surface area contributed by atoms with Gasteiger partial charge in [0.1, 0.15) is 0 Å². The molecule has 1 fully saturated rings. The second-order valence-electron chi connectivity index (χ2n) is 7.95. The van der Waals surface area contributed by atoms with E-state index in [0.717, 1.165) is 16.8 Å². The average molecular weight is 437 g/mol. The molecule has 32 heavy (non-hydrogen) atoms. The number of esters is 1. The number of carbonyl (C=O) groups excluding carboxylic acids is 4. The number of nitrogens with one attached hydrogen (secondary N) is 2. The lowest BCUT2D eigenvalue weighted by Gasteiger charge is -2.20. The van der Waals surface area contributed by atoms with Crippen molar-refractivity contribution in [3.05, 3.63) is 53.6 Å². The van der Waals surface area contributed by atoms with Crippen molar-refractivity contribution < 1.29 is 23.9 Å². The van der Waals surface area contributed by atoms with Crippen molar-refractivity contribution in [2.24, 2.45) is 5.92 Å². The van der Waals surface area contributed by atoms with Crippen molar-refractivity contribution in [3.63, 3.8) is 0 Å². The maximum absolute atomic E-state index is 12.6.